The number of carboxylic acids is 1. The van der Waals surface area contributed by atoms with E-state index in [9.17, 15) is 9.18 Å². The van der Waals surface area contributed by atoms with Gasteiger partial charge in [0.15, 0.2) is 0 Å². The summed E-state index contributed by atoms with van der Waals surface area (Å²) >= 11 is 0. The summed E-state index contributed by atoms with van der Waals surface area (Å²) in [6.45, 7) is 4.57. The summed E-state index contributed by atoms with van der Waals surface area (Å²) in [7, 11) is 0. The zero-order valence-electron chi connectivity index (χ0n) is 10.6. The highest BCUT2D eigenvalue weighted by Crippen LogP contribution is 2.14. The summed E-state index contributed by atoms with van der Waals surface area (Å²) in [6.07, 6.45) is 0. The van der Waals surface area contributed by atoms with Crippen molar-refractivity contribution in [2.24, 2.45) is 0 Å². The van der Waals surface area contributed by atoms with Crippen molar-refractivity contribution in [3.8, 4) is 0 Å². The molecule has 5 heteroatoms. The van der Waals surface area contributed by atoms with Gasteiger partial charge in [0, 0.05) is 24.7 Å². The van der Waals surface area contributed by atoms with Crippen LogP contribution >= 0.6 is 0 Å². The summed E-state index contributed by atoms with van der Waals surface area (Å²) in [5, 5.41) is 17.8. The highest BCUT2D eigenvalue weighted by molar-refractivity contribution is 5.87. The minimum atomic E-state index is -1.07. The smallest absolute Gasteiger partial charge is 0.335 e. The molecule has 18 heavy (non-hydrogen) atoms. The molecule has 0 radical (unpaired) electrons. The topological polar surface area (TPSA) is 60.8 Å². The molecule has 0 amide bonds. The minimum absolute atomic E-state index is 0.0155. The minimum Gasteiger partial charge on any atom is -0.478 e. The van der Waals surface area contributed by atoms with E-state index >= 15 is 0 Å². The molecule has 0 fully saturated rings. The monoisotopic (exact) mass is 255 g/mol. The molecule has 1 aromatic rings. The fourth-order valence-corrected chi connectivity index (χ4v) is 1.70. The van der Waals surface area contributed by atoms with Crippen LogP contribution in [0, 0.1) is 5.82 Å². The summed E-state index contributed by atoms with van der Waals surface area (Å²) < 4.78 is 13.6. The third-order valence-corrected chi connectivity index (χ3v) is 2.78. The maximum Gasteiger partial charge on any atom is 0.335 e. The first-order chi connectivity index (χ1) is 8.45. The highest BCUT2D eigenvalue weighted by Gasteiger charge is 2.14. The molecular weight excluding hydrogens is 237 g/mol. The third kappa shape index (κ3) is 3.78. The van der Waals surface area contributed by atoms with Crippen molar-refractivity contribution in [2.45, 2.75) is 26.4 Å². The summed E-state index contributed by atoms with van der Waals surface area (Å²) in [5.74, 6) is -1.50. The normalized spacial score (nSPS) is 11.2. The highest BCUT2D eigenvalue weighted by atomic mass is 19.1. The van der Waals surface area contributed by atoms with Gasteiger partial charge in [-0.2, -0.15) is 0 Å². The van der Waals surface area contributed by atoms with Gasteiger partial charge in [-0.15, -0.1) is 0 Å². The van der Waals surface area contributed by atoms with E-state index < -0.39 is 11.8 Å². The summed E-state index contributed by atoms with van der Waals surface area (Å²) in [4.78, 5) is 12.7. The Morgan fingerprint density at radius 1 is 1.44 bits per heavy atom. The number of carbonyl (C=O) groups is 1. The zero-order valence-corrected chi connectivity index (χ0v) is 10.6. The van der Waals surface area contributed by atoms with Crippen molar-refractivity contribution in [1.82, 2.24) is 4.90 Å². The van der Waals surface area contributed by atoms with Gasteiger partial charge in [-0.25, -0.2) is 9.18 Å². The molecule has 1 aromatic carbocycles. The van der Waals surface area contributed by atoms with E-state index in [-0.39, 0.29) is 24.8 Å². The Balaban J connectivity index is 2.93. The van der Waals surface area contributed by atoms with Gasteiger partial charge in [0.2, 0.25) is 0 Å². The molecule has 0 saturated carbocycles. The van der Waals surface area contributed by atoms with E-state index in [0.717, 1.165) is 6.07 Å². The van der Waals surface area contributed by atoms with Crippen molar-refractivity contribution >= 4 is 5.97 Å². The molecule has 0 aliphatic heterocycles. The number of benzene rings is 1. The lowest BCUT2D eigenvalue weighted by Gasteiger charge is -2.25. The van der Waals surface area contributed by atoms with Crippen LogP contribution in [0.1, 0.15) is 29.8 Å². The fraction of sp³-hybridized carbons (Fsp3) is 0.462. The van der Waals surface area contributed by atoms with Gasteiger partial charge in [0.25, 0.3) is 0 Å². The van der Waals surface area contributed by atoms with Crippen LogP contribution in [0.2, 0.25) is 0 Å². The van der Waals surface area contributed by atoms with Gasteiger partial charge in [-0.05, 0) is 32.0 Å². The SMILES string of the molecule is CC(C)N(CCO)Cc1cc(C(=O)O)ccc1F. The average Bonchev–Trinajstić information content (AvgIpc) is 2.30. The molecule has 0 heterocycles. The standard InChI is InChI=1S/C13H18FNO3/c1-9(2)15(5-6-16)8-11-7-10(13(17)18)3-4-12(11)14/h3-4,7,9,16H,5-6,8H2,1-2H3,(H,17,18). The molecule has 2 N–H and O–H groups in total. The number of halogens is 1. The molecule has 4 nitrogen and oxygen atoms in total. The molecule has 100 valence electrons. The number of rotatable bonds is 6. The van der Waals surface area contributed by atoms with Crippen LogP contribution in [-0.2, 0) is 6.54 Å². The lowest BCUT2D eigenvalue weighted by atomic mass is 10.1. The van der Waals surface area contributed by atoms with Crippen LogP contribution in [0.4, 0.5) is 4.39 Å². The van der Waals surface area contributed by atoms with Crippen LogP contribution in [0.15, 0.2) is 18.2 Å². The van der Waals surface area contributed by atoms with Crippen LogP contribution in [0.25, 0.3) is 0 Å². The van der Waals surface area contributed by atoms with E-state index in [1.54, 1.807) is 0 Å². The van der Waals surface area contributed by atoms with Gasteiger partial charge in [0.1, 0.15) is 5.82 Å². The number of aromatic carboxylic acids is 1. The molecule has 1 rings (SSSR count). The predicted octanol–water partition coefficient (Wildman–Crippen LogP) is 1.73. The van der Waals surface area contributed by atoms with Crippen molar-refractivity contribution in [3.63, 3.8) is 0 Å². The van der Waals surface area contributed by atoms with E-state index in [1.807, 2.05) is 18.7 Å². The maximum absolute atomic E-state index is 13.6. The molecule has 0 bridgehead atoms. The molecule has 0 aliphatic carbocycles. The Morgan fingerprint density at radius 2 is 2.11 bits per heavy atom. The molecule has 0 aliphatic rings. The van der Waals surface area contributed by atoms with Gasteiger partial charge in [0.05, 0.1) is 12.2 Å². The van der Waals surface area contributed by atoms with Gasteiger partial charge in [-0.1, -0.05) is 0 Å². The first-order valence-corrected chi connectivity index (χ1v) is 5.82. The third-order valence-electron chi connectivity index (χ3n) is 2.78. The second kappa shape index (κ2) is 6.47. The Bertz CT molecular complexity index is 421. The van der Waals surface area contributed by atoms with E-state index in [2.05, 4.69) is 0 Å². The Kier molecular flexibility index (Phi) is 5.25. The van der Waals surface area contributed by atoms with E-state index in [0.29, 0.717) is 12.1 Å². The molecule has 0 unspecified atom stereocenters. The molecule has 0 aromatic heterocycles. The average molecular weight is 255 g/mol. The zero-order chi connectivity index (χ0) is 13.7. The predicted molar refractivity (Wildman–Crippen MR) is 66.0 cm³/mol. The number of aliphatic hydroxyl groups is 1. The quantitative estimate of drug-likeness (QED) is 0.812. The first kappa shape index (κ1) is 14.6. The first-order valence-electron chi connectivity index (χ1n) is 5.82. The summed E-state index contributed by atoms with van der Waals surface area (Å²) in [6, 6.07) is 3.89. The van der Waals surface area contributed by atoms with Crippen molar-refractivity contribution in [2.75, 3.05) is 13.2 Å². The van der Waals surface area contributed by atoms with Crippen LogP contribution in [-0.4, -0.2) is 40.3 Å². The molecule has 0 saturated heterocycles. The van der Waals surface area contributed by atoms with E-state index in [1.165, 1.54) is 12.1 Å². The van der Waals surface area contributed by atoms with Gasteiger partial charge < -0.3 is 10.2 Å². The number of hydrogen-bond donors (Lipinski definition) is 2. The Morgan fingerprint density at radius 3 is 2.61 bits per heavy atom. The van der Waals surface area contributed by atoms with Crippen LogP contribution < -0.4 is 0 Å². The summed E-state index contributed by atoms with van der Waals surface area (Å²) in [5.41, 5.74) is 0.399. The number of carboxylic acid groups (broad SMARTS) is 1. The molecular formula is C13H18FNO3. The van der Waals surface area contributed by atoms with E-state index in [4.69, 9.17) is 10.2 Å². The lowest BCUT2D eigenvalue weighted by Crippen LogP contribution is -2.33. The Labute approximate surface area is 106 Å². The lowest BCUT2D eigenvalue weighted by molar-refractivity contribution is 0.0696. The molecule has 0 atom stereocenters. The fourth-order valence-electron chi connectivity index (χ4n) is 1.70. The second-order valence-electron chi connectivity index (χ2n) is 4.40. The Hall–Kier alpha value is -1.46. The number of aliphatic hydroxyl groups excluding tert-OH is 1. The van der Waals surface area contributed by atoms with Crippen LogP contribution in [0.5, 0.6) is 0 Å². The second-order valence-corrected chi connectivity index (χ2v) is 4.40. The van der Waals surface area contributed by atoms with Crippen LogP contribution in [0.3, 0.4) is 0 Å². The van der Waals surface area contributed by atoms with Crippen molar-refractivity contribution in [1.29, 1.82) is 0 Å². The largest absolute Gasteiger partial charge is 0.478 e. The maximum atomic E-state index is 13.6. The van der Waals surface area contributed by atoms with Gasteiger partial charge in [-0.3, -0.25) is 4.90 Å². The number of nitrogens with zero attached hydrogens (tertiary/aromatic N) is 1. The van der Waals surface area contributed by atoms with Crippen molar-refractivity contribution in [3.05, 3.63) is 35.1 Å². The number of hydrogen-bond acceptors (Lipinski definition) is 3. The van der Waals surface area contributed by atoms with Gasteiger partial charge >= 0.3 is 5.97 Å². The van der Waals surface area contributed by atoms with Crippen molar-refractivity contribution < 1.29 is 19.4 Å². The molecule has 0 spiro atoms.